The maximum Gasteiger partial charge on any atom is 0.136 e. The summed E-state index contributed by atoms with van der Waals surface area (Å²) in [7, 11) is 2.20. The molecule has 4 heteroatoms. The molecule has 3 saturated carbocycles. The Kier molecular flexibility index (Phi) is 5.91. The number of nitrogens with zero attached hydrogens (tertiary/aromatic N) is 1. The van der Waals surface area contributed by atoms with Gasteiger partial charge >= 0.3 is 0 Å². The van der Waals surface area contributed by atoms with E-state index in [1.165, 1.54) is 19.3 Å². The summed E-state index contributed by atoms with van der Waals surface area (Å²) in [5.41, 5.74) is 3.33. The summed E-state index contributed by atoms with van der Waals surface area (Å²) in [5, 5.41) is 21.2. The monoisotopic (exact) mass is 443 g/mol. The number of carbonyl (C=O) groups is 1. The number of allylic oxidation sites excluding steroid dienone is 2. The van der Waals surface area contributed by atoms with Crippen LogP contribution >= 0.6 is 0 Å². The number of Topliss-reactive ketones (excluding diaryl/α,β-unsaturated/α-hetero) is 1. The van der Waals surface area contributed by atoms with Crippen LogP contribution in [0.4, 0.5) is 0 Å². The van der Waals surface area contributed by atoms with Crippen LogP contribution in [0.1, 0.15) is 79.1 Å². The Morgan fingerprint density at radius 1 is 1.12 bits per heavy atom. The molecule has 0 bridgehead atoms. The normalized spacial score (nSPS) is 50.6. The third-order valence-corrected chi connectivity index (χ3v) is 11.1. The molecular weight excluding hydrogens is 398 g/mol. The highest BCUT2D eigenvalue weighted by Crippen LogP contribution is 2.64. The first kappa shape index (κ1) is 23.1. The fraction of sp³-hybridized carbons (Fsp3) is 0.893. The molecule has 1 heterocycles. The maximum atomic E-state index is 13.2. The molecular formula is C28H45NO3. The summed E-state index contributed by atoms with van der Waals surface area (Å²) >= 11 is 0. The van der Waals surface area contributed by atoms with Gasteiger partial charge in [0.2, 0.25) is 0 Å². The van der Waals surface area contributed by atoms with E-state index in [-0.39, 0.29) is 29.6 Å². The van der Waals surface area contributed by atoms with Crippen molar-refractivity contribution in [2.45, 2.75) is 97.3 Å². The van der Waals surface area contributed by atoms with Gasteiger partial charge in [-0.3, -0.25) is 4.79 Å². The minimum absolute atomic E-state index is 0.0660. The van der Waals surface area contributed by atoms with Crippen molar-refractivity contribution in [3.05, 3.63) is 11.1 Å². The summed E-state index contributed by atoms with van der Waals surface area (Å²) in [6.45, 7) is 10.5. The zero-order valence-electron chi connectivity index (χ0n) is 20.9. The number of aliphatic hydroxyl groups is 2. The van der Waals surface area contributed by atoms with Crippen LogP contribution in [0.3, 0.4) is 0 Å². The molecule has 5 rings (SSSR count). The molecule has 11 atom stereocenters. The van der Waals surface area contributed by atoms with Gasteiger partial charge in [0.15, 0.2) is 0 Å². The average molecular weight is 444 g/mol. The second-order valence-electron chi connectivity index (χ2n) is 12.8. The van der Waals surface area contributed by atoms with E-state index < -0.39 is 0 Å². The fourth-order valence-corrected chi connectivity index (χ4v) is 9.55. The van der Waals surface area contributed by atoms with Crippen LogP contribution in [0.2, 0.25) is 0 Å². The van der Waals surface area contributed by atoms with Gasteiger partial charge in [0.05, 0.1) is 12.2 Å². The topological polar surface area (TPSA) is 60.8 Å². The Morgan fingerprint density at radius 3 is 2.59 bits per heavy atom. The fourth-order valence-electron chi connectivity index (χ4n) is 9.55. The molecule has 4 aliphatic carbocycles. The summed E-state index contributed by atoms with van der Waals surface area (Å²) in [4.78, 5) is 15.6. The van der Waals surface area contributed by atoms with Gasteiger partial charge in [-0.15, -0.1) is 0 Å². The van der Waals surface area contributed by atoms with Gasteiger partial charge in [-0.25, -0.2) is 0 Å². The van der Waals surface area contributed by atoms with Crippen molar-refractivity contribution in [3.63, 3.8) is 0 Å². The first-order valence-electron chi connectivity index (χ1n) is 13.4. The van der Waals surface area contributed by atoms with Crippen LogP contribution in [0.15, 0.2) is 11.1 Å². The van der Waals surface area contributed by atoms with E-state index in [4.69, 9.17) is 0 Å². The summed E-state index contributed by atoms with van der Waals surface area (Å²) in [6, 6.07) is 0.246. The van der Waals surface area contributed by atoms with E-state index in [0.717, 1.165) is 32.2 Å². The lowest BCUT2D eigenvalue weighted by Gasteiger charge is -2.52. The largest absolute Gasteiger partial charge is 0.393 e. The lowest BCUT2D eigenvalue weighted by molar-refractivity contribution is -0.145. The second kappa shape index (κ2) is 8.20. The number of rotatable bonds is 2. The van der Waals surface area contributed by atoms with E-state index in [1.54, 1.807) is 11.1 Å². The third-order valence-electron chi connectivity index (χ3n) is 11.1. The molecule has 0 aromatic heterocycles. The molecule has 2 N–H and O–H groups in total. The van der Waals surface area contributed by atoms with Gasteiger partial charge < -0.3 is 15.1 Å². The summed E-state index contributed by atoms with van der Waals surface area (Å²) in [6.07, 6.45) is 7.26. The predicted molar refractivity (Wildman–Crippen MR) is 127 cm³/mol. The van der Waals surface area contributed by atoms with Crippen molar-refractivity contribution in [1.82, 2.24) is 4.90 Å². The van der Waals surface area contributed by atoms with Gasteiger partial charge in [-0.1, -0.05) is 31.9 Å². The second-order valence-corrected chi connectivity index (χ2v) is 12.8. The van der Waals surface area contributed by atoms with Gasteiger partial charge in [0.1, 0.15) is 5.78 Å². The van der Waals surface area contributed by atoms with Crippen molar-refractivity contribution in [2.24, 2.45) is 46.8 Å². The highest BCUT2D eigenvalue weighted by Gasteiger charge is 2.59. The summed E-state index contributed by atoms with van der Waals surface area (Å²) < 4.78 is 0. The highest BCUT2D eigenvalue weighted by atomic mass is 16.3. The van der Waals surface area contributed by atoms with Crippen LogP contribution in [0.25, 0.3) is 0 Å². The zero-order valence-corrected chi connectivity index (χ0v) is 20.9. The summed E-state index contributed by atoms with van der Waals surface area (Å²) in [5.74, 6) is 3.77. The minimum Gasteiger partial charge on any atom is -0.393 e. The predicted octanol–water partition coefficient (Wildman–Crippen LogP) is 4.44. The van der Waals surface area contributed by atoms with Crippen molar-refractivity contribution in [2.75, 3.05) is 13.6 Å². The molecule has 0 spiro atoms. The molecule has 4 nitrogen and oxygen atoms in total. The van der Waals surface area contributed by atoms with E-state index in [2.05, 4.69) is 39.6 Å². The Bertz CT molecular complexity index is 780. The molecule has 32 heavy (non-hydrogen) atoms. The zero-order chi connectivity index (χ0) is 22.9. The number of hydrogen-bond acceptors (Lipinski definition) is 4. The number of carbonyl (C=O) groups excluding carboxylic acids is 1. The lowest BCUT2D eigenvalue weighted by atomic mass is 9.51. The quantitative estimate of drug-likeness (QED) is 0.620. The van der Waals surface area contributed by atoms with E-state index in [1.807, 2.05) is 0 Å². The maximum absolute atomic E-state index is 13.2. The van der Waals surface area contributed by atoms with Crippen LogP contribution in [-0.2, 0) is 4.79 Å². The van der Waals surface area contributed by atoms with E-state index in [0.29, 0.717) is 47.7 Å². The van der Waals surface area contributed by atoms with Crippen LogP contribution < -0.4 is 0 Å². The smallest absolute Gasteiger partial charge is 0.136 e. The van der Waals surface area contributed by atoms with Gasteiger partial charge in [0.25, 0.3) is 0 Å². The minimum atomic E-state index is -0.287. The number of likely N-dealkylation sites (tertiary alicyclic amines) is 1. The number of piperidine rings is 1. The molecule has 5 aliphatic rings. The SMILES string of the molecule is CC1=C2C[C@H]3[C@@H](CC(=O)[C@H]4C[C@@H](O)CC[C@@]43C)[C@@H]2CC[C@@H]1[C@@H](C)[C@@H]1[C@H](O)C[C@@H](C)CN1C. The third kappa shape index (κ3) is 3.46. The number of aliphatic hydroxyl groups excluding tert-OH is 2. The number of hydrogen-bond donors (Lipinski definition) is 2. The molecule has 0 unspecified atom stereocenters. The average Bonchev–Trinajstić information content (AvgIpc) is 3.09. The number of ketones is 1. The van der Waals surface area contributed by atoms with Crippen LogP contribution in [0, 0.1) is 46.8 Å². The number of fused-ring (bicyclic) bond motifs is 5. The Hall–Kier alpha value is -0.710. The number of likely N-dealkylation sites (N-methyl/N-ethyl adjacent to an activating group) is 1. The van der Waals surface area contributed by atoms with E-state index >= 15 is 0 Å². The lowest BCUT2D eigenvalue weighted by Crippen LogP contribution is -2.54. The Balaban J connectivity index is 1.41. The van der Waals surface area contributed by atoms with Crippen molar-refractivity contribution in [1.29, 1.82) is 0 Å². The van der Waals surface area contributed by atoms with Crippen molar-refractivity contribution in [3.8, 4) is 0 Å². The van der Waals surface area contributed by atoms with Gasteiger partial charge in [-0.2, -0.15) is 0 Å². The molecule has 4 fully saturated rings. The molecule has 0 aromatic carbocycles. The van der Waals surface area contributed by atoms with Gasteiger partial charge in [-0.05, 0) is 99.8 Å². The van der Waals surface area contributed by atoms with E-state index in [9.17, 15) is 15.0 Å². The standard InChI is InChI=1S/C28H45NO3/c1-15-10-26(32)27(29(5)14-15)17(3)19-6-7-20-21(16(19)2)12-23-22(20)13-25(31)24-11-18(30)8-9-28(23,24)4/h15,17-20,22-24,26-27,30,32H,6-14H2,1-5H3/t15-,17-,18+,19+,20-,22+,23+,24-,26-,27-,28-/m1/s1. The first-order chi connectivity index (χ1) is 15.1. The van der Waals surface area contributed by atoms with Gasteiger partial charge in [0, 0.05) is 24.9 Å². The molecule has 180 valence electrons. The molecule has 0 radical (unpaired) electrons. The van der Waals surface area contributed by atoms with Crippen molar-refractivity contribution >= 4 is 5.78 Å². The molecule has 0 amide bonds. The van der Waals surface area contributed by atoms with Crippen LogP contribution in [0.5, 0.6) is 0 Å². The highest BCUT2D eigenvalue weighted by molar-refractivity contribution is 5.83. The Morgan fingerprint density at radius 2 is 1.88 bits per heavy atom. The van der Waals surface area contributed by atoms with Crippen molar-refractivity contribution < 1.29 is 15.0 Å². The molecule has 1 saturated heterocycles. The molecule has 0 aromatic rings. The Labute approximate surface area is 194 Å². The first-order valence-corrected chi connectivity index (χ1v) is 13.4. The molecule has 1 aliphatic heterocycles. The van der Waals surface area contributed by atoms with Crippen LogP contribution in [-0.4, -0.2) is 52.7 Å².